The Morgan fingerprint density at radius 1 is 1.38 bits per heavy atom. The fourth-order valence-electron chi connectivity index (χ4n) is 1.24. The molecule has 0 amide bonds. The molecule has 0 fully saturated rings. The highest BCUT2D eigenvalue weighted by Gasteiger charge is 2.21. The van der Waals surface area contributed by atoms with Crippen LogP contribution in [0, 0.1) is 0 Å². The number of phenols is 1. The summed E-state index contributed by atoms with van der Waals surface area (Å²) in [5.41, 5.74) is 0.263. The Labute approximate surface area is 97.9 Å². The van der Waals surface area contributed by atoms with Gasteiger partial charge in [-0.15, -0.1) is 0 Å². The van der Waals surface area contributed by atoms with E-state index in [0.717, 1.165) is 11.8 Å². The number of phenolic OH excluding ortho intramolecular Hbond substituents is 1. The van der Waals surface area contributed by atoms with Crippen LogP contribution in [0.5, 0.6) is 5.75 Å². The van der Waals surface area contributed by atoms with Gasteiger partial charge in [-0.05, 0) is 6.07 Å². The number of benzene rings is 1. The normalized spacial score (nSPS) is 14.4. The van der Waals surface area contributed by atoms with E-state index < -0.39 is 12.2 Å². The summed E-state index contributed by atoms with van der Waals surface area (Å²) in [6.07, 6.45) is -2.27. The minimum Gasteiger partial charge on any atom is -0.508 e. The Balaban J connectivity index is 2.66. The van der Waals surface area contributed by atoms with Gasteiger partial charge < -0.3 is 15.3 Å². The van der Waals surface area contributed by atoms with Crippen LogP contribution < -0.4 is 0 Å². The van der Waals surface area contributed by atoms with E-state index in [0.29, 0.717) is 0 Å². The topological polar surface area (TPSA) is 77.8 Å². The highest BCUT2D eigenvalue weighted by molar-refractivity contribution is 8.13. The average molecular weight is 242 g/mol. The van der Waals surface area contributed by atoms with Gasteiger partial charge in [0.05, 0.1) is 6.10 Å². The minimum absolute atomic E-state index is 0.0677. The molecule has 1 rings (SSSR count). The van der Waals surface area contributed by atoms with Crippen LogP contribution in [0.2, 0.25) is 0 Å². The number of rotatable bonds is 4. The number of hydrogen-bond donors (Lipinski definition) is 3. The van der Waals surface area contributed by atoms with Gasteiger partial charge in [0.25, 0.3) is 0 Å². The van der Waals surface area contributed by atoms with Gasteiger partial charge in [-0.25, -0.2) is 0 Å². The largest absolute Gasteiger partial charge is 0.508 e. The van der Waals surface area contributed by atoms with E-state index in [1.54, 1.807) is 12.1 Å². The maximum Gasteiger partial charge on any atom is 0.185 e. The van der Waals surface area contributed by atoms with Gasteiger partial charge in [-0.2, -0.15) is 0 Å². The van der Waals surface area contributed by atoms with Crippen LogP contribution in [0.1, 0.15) is 18.6 Å². The van der Waals surface area contributed by atoms with Crippen LogP contribution in [0.3, 0.4) is 0 Å². The van der Waals surface area contributed by atoms with E-state index >= 15 is 0 Å². The summed E-state index contributed by atoms with van der Waals surface area (Å²) in [5.74, 6) is 0.0343. The van der Waals surface area contributed by atoms with Gasteiger partial charge in [0.1, 0.15) is 11.9 Å². The number of thioether (sulfide) groups is 1. The number of carbonyl (C=O) groups is 1. The Morgan fingerprint density at radius 3 is 2.56 bits per heavy atom. The lowest BCUT2D eigenvalue weighted by Gasteiger charge is -2.18. The molecule has 0 radical (unpaired) electrons. The molecule has 88 valence electrons. The summed E-state index contributed by atoms with van der Waals surface area (Å²) in [6, 6.07) is 6.25. The van der Waals surface area contributed by atoms with Gasteiger partial charge in [0.2, 0.25) is 0 Å². The monoisotopic (exact) mass is 242 g/mol. The molecule has 0 aliphatic heterocycles. The number of aromatic hydroxyl groups is 1. The molecule has 0 bridgehead atoms. The van der Waals surface area contributed by atoms with Gasteiger partial charge in [-0.3, -0.25) is 4.79 Å². The quantitative estimate of drug-likeness (QED) is 0.736. The molecule has 3 N–H and O–H groups in total. The van der Waals surface area contributed by atoms with E-state index in [1.807, 2.05) is 0 Å². The molecular formula is C11H14O4S. The minimum atomic E-state index is -1.19. The Morgan fingerprint density at radius 2 is 2.00 bits per heavy atom. The zero-order valence-corrected chi connectivity index (χ0v) is 9.65. The molecule has 0 aliphatic carbocycles. The molecule has 2 atom stereocenters. The molecular weight excluding hydrogens is 228 g/mol. The van der Waals surface area contributed by atoms with Crippen LogP contribution in [0.15, 0.2) is 24.3 Å². The first-order valence-electron chi connectivity index (χ1n) is 4.79. The van der Waals surface area contributed by atoms with Crippen LogP contribution >= 0.6 is 11.8 Å². The van der Waals surface area contributed by atoms with E-state index in [9.17, 15) is 20.1 Å². The summed E-state index contributed by atoms with van der Waals surface area (Å²) < 4.78 is 0. The van der Waals surface area contributed by atoms with Crippen molar-refractivity contribution >= 4 is 16.9 Å². The second-order valence-electron chi connectivity index (χ2n) is 3.37. The second kappa shape index (κ2) is 5.89. The van der Waals surface area contributed by atoms with Crippen molar-refractivity contribution < 1.29 is 20.1 Å². The van der Waals surface area contributed by atoms with Crippen molar-refractivity contribution in [3.05, 3.63) is 29.8 Å². The fourth-order valence-corrected chi connectivity index (χ4v) is 1.83. The third kappa shape index (κ3) is 3.52. The smallest absolute Gasteiger partial charge is 0.185 e. The van der Waals surface area contributed by atoms with Crippen molar-refractivity contribution in [1.29, 1.82) is 0 Å². The lowest BCUT2D eigenvalue weighted by molar-refractivity contribution is -0.109. The van der Waals surface area contributed by atoms with Crippen molar-refractivity contribution in [2.75, 3.05) is 5.75 Å². The molecule has 0 spiro atoms. The third-order valence-electron chi connectivity index (χ3n) is 2.08. The second-order valence-corrected chi connectivity index (χ2v) is 4.57. The molecule has 0 saturated carbocycles. The SMILES string of the molecule is CC(=O)SCC(O)C(O)c1ccccc1O. The number of hydrogen-bond acceptors (Lipinski definition) is 5. The molecule has 0 saturated heterocycles. The van der Waals surface area contributed by atoms with Crippen molar-refractivity contribution in [3.8, 4) is 5.75 Å². The maximum atomic E-state index is 10.7. The maximum absolute atomic E-state index is 10.7. The summed E-state index contributed by atoms with van der Waals surface area (Å²) >= 11 is 0.938. The Bertz CT molecular complexity index is 367. The molecule has 16 heavy (non-hydrogen) atoms. The van der Waals surface area contributed by atoms with Crippen LogP contribution in [-0.2, 0) is 4.79 Å². The number of aliphatic hydroxyl groups excluding tert-OH is 2. The first-order valence-corrected chi connectivity index (χ1v) is 5.78. The highest BCUT2D eigenvalue weighted by Crippen LogP contribution is 2.27. The molecule has 0 aliphatic rings. The van der Waals surface area contributed by atoms with E-state index in [4.69, 9.17) is 0 Å². The lowest BCUT2D eigenvalue weighted by atomic mass is 10.0. The molecule has 0 heterocycles. The first kappa shape index (κ1) is 13.0. The van der Waals surface area contributed by atoms with Gasteiger partial charge in [0, 0.05) is 18.2 Å². The van der Waals surface area contributed by atoms with Crippen molar-refractivity contribution in [2.24, 2.45) is 0 Å². The summed E-state index contributed by atoms with van der Waals surface area (Å²) in [7, 11) is 0. The number of aliphatic hydroxyl groups is 2. The van der Waals surface area contributed by atoms with E-state index in [-0.39, 0.29) is 22.2 Å². The average Bonchev–Trinajstić information content (AvgIpc) is 2.25. The predicted octanol–water partition coefficient (Wildman–Crippen LogP) is 1.07. The van der Waals surface area contributed by atoms with E-state index in [1.165, 1.54) is 19.1 Å². The molecule has 2 unspecified atom stereocenters. The standard InChI is InChI=1S/C11H14O4S/c1-7(12)16-6-10(14)11(15)8-4-2-3-5-9(8)13/h2-5,10-11,13-15H,6H2,1H3. The number of para-hydroxylation sites is 1. The number of carbonyl (C=O) groups excluding carboxylic acids is 1. The van der Waals surface area contributed by atoms with Crippen molar-refractivity contribution in [3.63, 3.8) is 0 Å². The third-order valence-corrected chi connectivity index (χ3v) is 2.99. The molecule has 0 aromatic heterocycles. The van der Waals surface area contributed by atoms with Crippen molar-refractivity contribution in [2.45, 2.75) is 19.1 Å². The van der Waals surface area contributed by atoms with Gasteiger partial charge in [-0.1, -0.05) is 30.0 Å². The fraction of sp³-hybridized carbons (Fsp3) is 0.364. The first-order chi connectivity index (χ1) is 7.52. The Hall–Kier alpha value is -1.04. The van der Waals surface area contributed by atoms with Crippen LogP contribution in [-0.4, -0.2) is 32.3 Å². The molecule has 5 heteroatoms. The summed E-state index contributed by atoms with van der Waals surface area (Å²) in [6.45, 7) is 1.39. The zero-order valence-electron chi connectivity index (χ0n) is 8.83. The summed E-state index contributed by atoms with van der Waals surface area (Å²) in [4.78, 5) is 10.7. The zero-order chi connectivity index (χ0) is 12.1. The summed E-state index contributed by atoms with van der Waals surface area (Å²) in [5, 5.41) is 28.7. The Kier molecular flexibility index (Phi) is 4.79. The highest BCUT2D eigenvalue weighted by atomic mass is 32.2. The van der Waals surface area contributed by atoms with Crippen LogP contribution in [0.25, 0.3) is 0 Å². The molecule has 1 aromatic rings. The van der Waals surface area contributed by atoms with Gasteiger partial charge >= 0.3 is 0 Å². The van der Waals surface area contributed by atoms with E-state index in [2.05, 4.69) is 0 Å². The van der Waals surface area contributed by atoms with Crippen LogP contribution in [0.4, 0.5) is 0 Å². The predicted molar refractivity (Wildman–Crippen MR) is 62.2 cm³/mol. The molecule has 4 nitrogen and oxygen atoms in total. The molecule has 1 aromatic carbocycles. The van der Waals surface area contributed by atoms with Gasteiger partial charge in [0.15, 0.2) is 5.12 Å². The lowest BCUT2D eigenvalue weighted by Crippen LogP contribution is -2.21. The van der Waals surface area contributed by atoms with Crippen molar-refractivity contribution in [1.82, 2.24) is 0 Å².